The molecule has 0 spiro atoms. The summed E-state index contributed by atoms with van der Waals surface area (Å²) in [7, 11) is 0. The number of hydrogen-bond acceptors (Lipinski definition) is 3. The first kappa shape index (κ1) is 12.7. The lowest BCUT2D eigenvalue weighted by molar-refractivity contribution is -0.137. The summed E-state index contributed by atoms with van der Waals surface area (Å²) in [6.45, 7) is 1.47. The van der Waals surface area contributed by atoms with E-state index >= 15 is 0 Å². The van der Waals surface area contributed by atoms with E-state index in [4.69, 9.17) is 4.74 Å². The van der Waals surface area contributed by atoms with Gasteiger partial charge >= 0.3 is 6.18 Å². The summed E-state index contributed by atoms with van der Waals surface area (Å²) in [6, 6.07) is 2.27. The van der Waals surface area contributed by atoms with Crippen molar-refractivity contribution in [2.24, 2.45) is 5.92 Å². The van der Waals surface area contributed by atoms with Crippen LogP contribution < -0.4 is 10.1 Å². The second-order valence-electron chi connectivity index (χ2n) is 5.44. The number of pyridine rings is 1. The zero-order valence-corrected chi connectivity index (χ0v) is 10.3. The normalized spacial score (nSPS) is 29.7. The molecule has 3 heterocycles. The van der Waals surface area contributed by atoms with Gasteiger partial charge in [-0.2, -0.15) is 13.2 Å². The van der Waals surface area contributed by atoms with Crippen molar-refractivity contribution in [2.75, 3.05) is 13.2 Å². The highest BCUT2D eigenvalue weighted by Gasteiger charge is 2.47. The van der Waals surface area contributed by atoms with Gasteiger partial charge in [-0.1, -0.05) is 0 Å². The van der Waals surface area contributed by atoms with Gasteiger partial charge in [-0.05, 0) is 37.8 Å². The van der Waals surface area contributed by atoms with Gasteiger partial charge < -0.3 is 10.1 Å². The predicted molar refractivity (Wildman–Crippen MR) is 62.8 cm³/mol. The number of ether oxygens (including phenoxy) is 1. The highest BCUT2D eigenvalue weighted by molar-refractivity contribution is 5.20. The van der Waals surface area contributed by atoms with Crippen molar-refractivity contribution in [3.63, 3.8) is 0 Å². The average molecular weight is 272 g/mol. The fourth-order valence-corrected chi connectivity index (χ4v) is 2.95. The molecule has 19 heavy (non-hydrogen) atoms. The van der Waals surface area contributed by atoms with Crippen molar-refractivity contribution in [2.45, 2.75) is 31.0 Å². The summed E-state index contributed by atoms with van der Waals surface area (Å²) in [6.07, 6.45) is -0.150. The first-order valence-electron chi connectivity index (χ1n) is 6.38. The summed E-state index contributed by atoms with van der Waals surface area (Å²) in [5, 5.41) is 3.43. The highest BCUT2D eigenvalue weighted by Crippen LogP contribution is 2.43. The lowest BCUT2D eigenvalue weighted by Crippen LogP contribution is -2.63. The van der Waals surface area contributed by atoms with Crippen molar-refractivity contribution in [1.29, 1.82) is 0 Å². The van der Waals surface area contributed by atoms with Crippen LogP contribution >= 0.6 is 0 Å². The summed E-state index contributed by atoms with van der Waals surface area (Å²) in [4.78, 5) is 3.71. The Bertz CT molecular complexity index is 446. The van der Waals surface area contributed by atoms with Gasteiger partial charge in [0.15, 0.2) is 0 Å². The molecule has 2 aliphatic heterocycles. The largest absolute Gasteiger partial charge is 0.476 e. The first-order chi connectivity index (χ1) is 8.97. The van der Waals surface area contributed by atoms with Gasteiger partial charge in [-0.15, -0.1) is 0 Å². The maximum absolute atomic E-state index is 12.4. The van der Waals surface area contributed by atoms with Gasteiger partial charge in [0.1, 0.15) is 6.61 Å². The Kier molecular flexibility index (Phi) is 2.92. The number of fused-ring (bicyclic) bond motifs is 2. The van der Waals surface area contributed by atoms with Crippen LogP contribution in [-0.2, 0) is 6.18 Å². The summed E-state index contributed by atoms with van der Waals surface area (Å²) < 4.78 is 42.6. The average Bonchev–Trinajstić information content (AvgIpc) is 2.36. The van der Waals surface area contributed by atoms with E-state index in [2.05, 4.69) is 10.3 Å². The third-order valence-electron chi connectivity index (χ3n) is 3.97. The van der Waals surface area contributed by atoms with E-state index in [1.54, 1.807) is 0 Å². The number of nitrogens with zero attached hydrogens (tertiary/aromatic N) is 1. The number of rotatable bonds is 3. The van der Waals surface area contributed by atoms with Crippen LogP contribution in [0.15, 0.2) is 18.3 Å². The second kappa shape index (κ2) is 4.37. The summed E-state index contributed by atoms with van der Waals surface area (Å²) in [5.74, 6) is 1.03. The fourth-order valence-electron chi connectivity index (χ4n) is 2.95. The van der Waals surface area contributed by atoms with Crippen molar-refractivity contribution in [3.05, 3.63) is 23.9 Å². The van der Waals surface area contributed by atoms with E-state index in [-0.39, 0.29) is 11.4 Å². The van der Waals surface area contributed by atoms with Crippen LogP contribution in [0.5, 0.6) is 5.88 Å². The minimum absolute atomic E-state index is 0.0211. The molecule has 0 radical (unpaired) electrons. The van der Waals surface area contributed by atoms with E-state index in [0.717, 1.165) is 37.6 Å². The van der Waals surface area contributed by atoms with Crippen LogP contribution in [0.3, 0.4) is 0 Å². The van der Waals surface area contributed by atoms with Gasteiger partial charge in [0.2, 0.25) is 5.88 Å². The van der Waals surface area contributed by atoms with Crippen LogP contribution in [0.4, 0.5) is 13.2 Å². The lowest BCUT2D eigenvalue weighted by atomic mass is 9.64. The van der Waals surface area contributed by atoms with Crippen molar-refractivity contribution >= 4 is 0 Å². The molecule has 0 aromatic carbocycles. The monoisotopic (exact) mass is 272 g/mol. The molecule has 1 aromatic rings. The Hall–Kier alpha value is -1.30. The Morgan fingerprint density at radius 1 is 1.37 bits per heavy atom. The maximum Gasteiger partial charge on any atom is 0.417 e. The molecule has 1 aromatic heterocycles. The smallest absolute Gasteiger partial charge is 0.417 e. The van der Waals surface area contributed by atoms with Crippen molar-refractivity contribution < 1.29 is 17.9 Å². The molecule has 1 saturated carbocycles. The van der Waals surface area contributed by atoms with Gasteiger partial charge in [-0.25, -0.2) is 4.98 Å². The predicted octanol–water partition coefficient (Wildman–Crippen LogP) is 2.62. The molecule has 104 valence electrons. The summed E-state index contributed by atoms with van der Waals surface area (Å²) >= 11 is 0. The molecule has 6 heteroatoms. The van der Waals surface area contributed by atoms with Crippen molar-refractivity contribution in [3.8, 4) is 5.88 Å². The van der Waals surface area contributed by atoms with Crippen LogP contribution in [0.2, 0.25) is 0 Å². The minimum atomic E-state index is -4.35. The van der Waals surface area contributed by atoms with Crippen LogP contribution in [0, 0.1) is 5.92 Å². The molecule has 0 amide bonds. The van der Waals surface area contributed by atoms with E-state index < -0.39 is 11.7 Å². The molecule has 0 unspecified atom stereocenters. The van der Waals surface area contributed by atoms with E-state index in [1.165, 1.54) is 12.5 Å². The molecule has 1 aliphatic carbocycles. The summed E-state index contributed by atoms with van der Waals surface area (Å²) in [5.41, 5.74) is -0.731. The van der Waals surface area contributed by atoms with Gasteiger partial charge in [0.25, 0.3) is 0 Å². The number of halogens is 3. The number of nitrogens with one attached hydrogen (secondary N) is 1. The van der Waals surface area contributed by atoms with E-state index in [9.17, 15) is 13.2 Å². The zero-order chi connectivity index (χ0) is 13.5. The van der Waals surface area contributed by atoms with Crippen molar-refractivity contribution in [1.82, 2.24) is 10.3 Å². The molecule has 1 N–H and O–H groups in total. The number of piperidine rings is 2. The molecular weight excluding hydrogens is 257 g/mol. The molecule has 3 aliphatic rings. The number of aromatic nitrogens is 1. The zero-order valence-electron chi connectivity index (χ0n) is 10.3. The third-order valence-corrected chi connectivity index (χ3v) is 3.97. The van der Waals surface area contributed by atoms with Crippen LogP contribution in [0.25, 0.3) is 0 Å². The SMILES string of the molecule is FC(F)(F)c1ccc(OCC23CC(CCN2)C3)nc1. The Morgan fingerprint density at radius 2 is 2.16 bits per heavy atom. The number of hydrogen-bond donors (Lipinski definition) is 1. The molecular formula is C13H15F3N2O. The first-order valence-corrected chi connectivity index (χ1v) is 6.38. The third kappa shape index (κ3) is 2.54. The molecule has 3 nitrogen and oxygen atoms in total. The molecule has 2 bridgehead atoms. The molecule has 4 rings (SSSR count). The Morgan fingerprint density at radius 3 is 2.68 bits per heavy atom. The van der Waals surface area contributed by atoms with Gasteiger partial charge in [-0.3, -0.25) is 0 Å². The quantitative estimate of drug-likeness (QED) is 0.918. The molecule has 3 fully saturated rings. The standard InChI is InChI=1S/C13H15F3N2O/c14-13(15,16)10-1-2-11(17-7-10)19-8-12-5-9(6-12)3-4-18-12/h1-2,7,9,18H,3-6,8H2. The van der Waals surface area contributed by atoms with E-state index in [0.29, 0.717) is 6.61 Å². The number of alkyl halides is 3. The van der Waals surface area contributed by atoms with Crippen LogP contribution in [-0.4, -0.2) is 23.7 Å². The van der Waals surface area contributed by atoms with Gasteiger partial charge in [0.05, 0.1) is 11.1 Å². The van der Waals surface area contributed by atoms with E-state index in [1.807, 2.05) is 0 Å². The van der Waals surface area contributed by atoms with Crippen LogP contribution in [0.1, 0.15) is 24.8 Å². The molecule has 2 saturated heterocycles. The van der Waals surface area contributed by atoms with Gasteiger partial charge in [0, 0.05) is 12.3 Å². The lowest BCUT2D eigenvalue weighted by Gasteiger charge is -2.52. The Balaban J connectivity index is 1.59. The topological polar surface area (TPSA) is 34.1 Å². The maximum atomic E-state index is 12.4. The fraction of sp³-hybridized carbons (Fsp3) is 0.615. The second-order valence-corrected chi connectivity index (χ2v) is 5.44. The highest BCUT2D eigenvalue weighted by atomic mass is 19.4. The Labute approximate surface area is 109 Å². The molecule has 0 atom stereocenters. The minimum Gasteiger partial charge on any atom is -0.476 e.